The maximum absolute atomic E-state index is 11.7. The Hall–Kier alpha value is -2.67. The summed E-state index contributed by atoms with van der Waals surface area (Å²) in [5, 5.41) is 5.06. The number of aromatic nitrogens is 4. The quantitative estimate of drug-likeness (QED) is 0.614. The molecule has 6 nitrogen and oxygen atoms in total. The molecule has 4 aromatic rings. The van der Waals surface area contributed by atoms with Gasteiger partial charge in [-0.05, 0) is 18.2 Å². The van der Waals surface area contributed by atoms with Crippen LogP contribution < -0.4 is 0 Å². The fraction of sp³-hybridized carbons (Fsp3) is 0.125. The van der Waals surface area contributed by atoms with Crippen LogP contribution in [0.2, 0.25) is 0 Å². The van der Waals surface area contributed by atoms with Crippen molar-refractivity contribution >= 4 is 31.8 Å². The van der Waals surface area contributed by atoms with Gasteiger partial charge in [0.1, 0.15) is 0 Å². The fourth-order valence-corrected chi connectivity index (χ4v) is 3.44. The Kier molecular flexibility index (Phi) is 2.83. The third kappa shape index (κ3) is 2.20. The first kappa shape index (κ1) is 14.0. The van der Waals surface area contributed by atoms with E-state index in [9.17, 15) is 8.42 Å². The van der Waals surface area contributed by atoms with Gasteiger partial charge in [-0.25, -0.2) is 18.4 Å². The number of benzene rings is 1. The molecule has 3 heterocycles. The van der Waals surface area contributed by atoms with Crippen LogP contribution >= 0.6 is 0 Å². The van der Waals surface area contributed by atoms with Crippen LogP contribution in [-0.2, 0) is 16.9 Å². The van der Waals surface area contributed by atoms with Crippen molar-refractivity contribution in [2.75, 3.05) is 6.26 Å². The molecular weight excluding hydrogens is 312 g/mol. The van der Waals surface area contributed by atoms with E-state index in [1.54, 1.807) is 24.4 Å². The second kappa shape index (κ2) is 4.66. The molecule has 7 heteroatoms. The summed E-state index contributed by atoms with van der Waals surface area (Å²) >= 11 is 0. The summed E-state index contributed by atoms with van der Waals surface area (Å²) in [5.41, 5.74) is 3.14. The van der Waals surface area contributed by atoms with Crippen molar-refractivity contribution in [1.82, 2.24) is 19.7 Å². The zero-order valence-corrected chi connectivity index (χ0v) is 13.4. The summed E-state index contributed by atoms with van der Waals surface area (Å²) in [6, 6.07) is 8.75. The lowest BCUT2D eigenvalue weighted by molar-refractivity contribution is 0.602. The topological polar surface area (TPSA) is 80.6 Å². The predicted molar refractivity (Wildman–Crippen MR) is 88.9 cm³/mol. The number of sulfone groups is 1. The highest BCUT2D eigenvalue weighted by Gasteiger charge is 2.13. The normalized spacial score (nSPS) is 12.3. The Morgan fingerprint density at radius 1 is 1.22 bits per heavy atom. The van der Waals surface area contributed by atoms with Gasteiger partial charge in [0, 0.05) is 42.0 Å². The molecule has 116 valence electrons. The Balaban J connectivity index is 1.96. The number of hydrogen-bond acceptors (Lipinski definition) is 4. The van der Waals surface area contributed by atoms with Gasteiger partial charge in [-0.1, -0.05) is 12.1 Å². The van der Waals surface area contributed by atoms with Crippen LogP contribution in [0.3, 0.4) is 0 Å². The minimum Gasteiger partial charge on any atom is -0.305 e. The van der Waals surface area contributed by atoms with E-state index in [2.05, 4.69) is 15.1 Å². The molecule has 0 aliphatic rings. The maximum Gasteiger partial charge on any atom is 0.175 e. The monoisotopic (exact) mass is 326 g/mol. The molecule has 0 fully saturated rings. The lowest BCUT2D eigenvalue weighted by Crippen LogP contribution is -1.96. The highest BCUT2D eigenvalue weighted by atomic mass is 32.2. The van der Waals surface area contributed by atoms with Crippen molar-refractivity contribution in [3.05, 3.63) is 42.7 Å². The van der Waals surface area contributed by atoms with Gasteiger partial charge in [0.15, 0.2) is 15.5 Å². The Morgan fingerprint density at radius 2 is 2.04 bits per heavy atom. The highest BCUT2D eigenvalue weighted by molar-refractivity contribution is 7.90. The second-order valence-corrected chi connectivity index (χ2v) is 7.59. The van der Waals surface area contributed by atoms with Crippen LogP contribution in [0.5, 0.6) is 0 Å². The molecule has 0 radical (unpaired) electrons. The first-order valence-corrected chi connectivity index (χ1v) is 8.93. The summed E-state index contributed by atoms with van der Waals surface area (Å²) in [5.74, 6) is 0. The number of pyridine rings is 1. The fourth-order valence-electron chi connectivity index (χ4n) is 2.77. The molecule has 0 bridgehead atoms. The van der Waals surface area contributed by atoms with Crippen molar-refractivity contribution in [2.45, 2.75) is 4.90 Å². The summed E-state index contributed by atoms with van der Waals surface area (Å²) in [6.45, 7) is 0. The van der Waals surface area contributed by atoms with E-state index in [0.717, 1.165) is 21.9 Å². The molecule has 0 aliphatic heterocycles. The number of hydrogen-bond donors (Lipinski definition) is 1. The van der Waals surface area contributed by atoms with Crippen LogP contribution in [0.1, 0.15) is 0 Å². The summed E-state index contributed by atoms with van der Waals surface area (Å²) in [7, 11) is -1.32. The average Bonchev–Trinajstić information content (AvgIpc) is 3.10. The van der Waals surface area contributed by atoms with E-state index < -0.39 is 9.84 Å². The maximum atomic E-state index is 11.7. The molecule has 23 heavy (non-hydrogen) atoms. The van der Waals surface area contributed by atoms with E-state index in [4.69, 9.17) is 0 Å². The molecule has 0 spiro atoms. The number of aryl methyl sites for hydroxylation is 1. The summed E-state index contributed by atoms with van der Waals surface area (Å²) < 4.78 is 25.4. The summed E-state index contributed by atoms with van der Waals surface area (Å²) in [4.78, 5) is 9.21. The van der Waals surface area contributed by atoms with Crippen molar-refractivity contribution < 1.29 is 8.42 Å². The molecule has 0 unspecified atom stereocenters. The van der Waals surface area contributed by atoms with E-state index in [-0.39, 0.29) is 4.90 Å². The minimum absolute atomic E-state index is 0.285. The molecule has 0 amide bonds. The van der Waals surface area contributed by atoms with Crippen LogP contribution in [-0.4, -0.2) is 34.4 Å². The van der Waals surface area contributed by atoms with Gasteiger partial charge in [0.25, 0.3) is 0 Å². The molecule has 4 rings (SSSR count). The number of fused-ring (bicyclic) bond motifs is 3. The molecule has 0 saturated heterocycles. The van der Waals surface area contributed by atoms with Crippen molar-refractivity contribution in [3.8, 4) is 11.3 Å². The van der Waals surface area contributed by atoms with Gasteiger partial charge in [-0.15, -0.1) is 0 Å². The van der Waals surface area contributed by atoms with Gasteiger partial charge >= 0.3 is 0 Å². The predicted octanol–water partition coefficient (Wildman–Crippen LogP) is 2.52. The Bertz CT molecular complexity index is 1160. The Labute approximate surface area is 132 Å². The Morgan fingerprint density at radius 3 is 2.83 bits per heavy atom. The van der Waals surface area contributed by atoms with Crippen LogP contribution in [0.4, 0.5) is 0 Å². The first-order chi connectivity index (χ1) is 10.9. The van der Waals surface area contributed by atoms with E-state index >= 15 is 0 Å². The highest BCUT2D eigenvalue weighted by Crippen LogP contribution is 2.29. The molecule has 0 saturated carbocycles. The smallest absolute Gasteiger partial charge is 0.175 e. The minimum atomic E-state index is -3.25. The van der Waals surface area contributed by atoms with Crippen LogP contribution in [0.15, 0.2) is 47.6 Å². The SMILES string of the molecule is Cn1[nH]cc2cnc3nc(-c4cccc(S(C)(=O)=O)c4)cc3c21. The molecule has 3 aromatic heterocycles. The van der Waals surface area contributed by atoms with Crippen LogP contribution in [0, 0.1) is 0 Å². The molecule has 0 atom stereocenters. The van der Waals surface area contributed by atoms with Gasteiger partial charge in [0.2, 0.25) is 0 Å². The number of H-pyrrole nitrogens is 1. The van der Waals surface area contributed by atoms with Gasteiger partial charge in [-0.3, -0.25) is 4.68 Å². The van der Waals surface area contributed by atoms with Crippen LogP contribution in [0.25, 0.3) is 33.2 Å². The number of nitrogens with one attached hydrogen (secondary N) is 1. The van der Waals surface area contributed by atoms with Gasteiger partial charge in [-0.2, -0.15) is 0 Å². The van der Waals surface area contributed by atoms with E-state index in [1.165, 1.54) is 6.26 Å². The number of nitrogens with zero attached hydrogens (tertiary/aromatic N) is 3. The molecule has 0 aliphatic carbocycles. The van der Waals surface area contributed by atoms with E-state index in [1.807, 2.05) is 30.1 Å². The van der Waals surface area contributed by atoms with Crippen molar-refractivity contribution in [3.63, 3.8) is 0 Å². The van der Waals surface area contributed by atoms with Gasteiger partial charge < -0.3 is 5.10 Å². The number of aromatic amines is 1. The lowest BCUT2D eigenvalue weighted by atomic mass is 10.1. The molecule has 1 aromatic carbocycles. The second-order valence-electron chi connectivity index (χ2n) is 5.57. The van der Waals surface area contributed by atoms with Gasteiger partial charge in [0.05, 0.1) is 16.1 Å². The number of rotatable bonds is 2. The standard InChI is InChI=1S/C16H14N4O2S/c1-20-15-11(9-18-20)8-17-16-13(15)7-14(19-16)10-4-3-5-12(6-10)23(2,21)22/h3-9,18H,1-2H3. The van der Waals surface area contributed by atoms with Crippen molar-refractivity contribution in [2.24, 2.45) is 7.05 Å². The van der Waals surface area contributed by atoms with Crippen molar-refractivity contribution in [1.29, 1.82) is 0 Å². The first-order valence-electron chi connectivity index (χ1n) is 7.03. The summed E-state index contributed by atoms with van der Waals surface area (Å²) in [6.07, 6.45) is 4.86. The lowest BCUT2D eigenvalue weighted by Gasteiger charge is -2.01. The third-order valence-corrected chi connectivity index (χ3v) is 5.02. The zero-order chi connectivity index (χ0) is 16.2. The largest absolute Gasteiger partial charge is 0.305 e. The molecular formula is C16H14N4O2S. The van der Waals surface area contributed by atoms with E-state index in [0.29, 0.717) is 11.3 Å². The average molecular weight is 326 g/mol. The third-order valence-electron chi connectivity index (χ3n) is 3.91. The zero-order valence-electron chi connectivity index (χ0n) is 12.6. The molecule has 1 N–H and O–H groups in total.